The highest BCUT2D eigenvalue weighted by Crippen LogP contribution is 2.14. The second-order valence-corrected chi connectivity index (χ2v) is 4.78. The van der Waals surface area contributed by atoms with Crippen LogP contribution >= 0.6 is 0 Å². The SMILES string of the molecule is CCC1COC(C)CN1C(=O)NCC(C)C(=O)O. The van der Waals surface area contributed by atoms with Crippen LogP contribution in [0.5, 0.6) is 0 Å². The van der Waals surface area contributed by atoms with Gasteiger partial charge in [0.15, 0.2) is 0 Å². The Morgan fingerprint density at radius 3 is 2.78 bits per heavy atom. The Morgan fingerprint density at radius 2 is 2.22 bits per heavy atom. The summed E-state index contributed by atoms with van der Waals surface area (Å²) < 4.78 is 5.51. The Morgan fingerprint density at radius 1 is 1.56 bits per heavy atom. The minimum Gasteiger partial charge on any atom is -0.481 e. The van der Waals surface area contributed by atoms with Gasteiger partial charge in [-0.25, -0.2) is 4.79 Å². The first-order valence-electron chi connectivity index (χ1n) is 6.34. The predicted octanol–water partition coefficient (Wildman–Crippen LogP) is 0.916. The summed E-state index contributed by atoms with van der Waals surface area (Å²) in [6.45, 7) is 6.74. The van der Waals surface area contributed by atoms with Gasteiger partial charge in [0.05, 0.1) is 24.7 Å². The zero-order chi connectivity index (χ0) is 13.7. The summed E-state index contributed by atoms with van der Waals surface area (Å²) in [4.78, 5) is 24.4. The Balaban J connectivity index is 2.50. The van der Waals surface area contributed by atoms with E-state index in [1.54, 1.807) is 11.8 Å². The fourth-order valence-corrected chi connectivity index (χ4v) is 1.86. The molecule has 1 rings (SSSR count). The number of carbonyl (C=O) groups is 2. The van der Waals surface area contributed by atoms with Crippen LogP contribution in [0.15, 0.2) is 0 Å². The van der Waals surface area contributed by atoms with E-state index in [1.807, 2.05) is 13.8 Å². The van der Waals surface area contributed by atoms with Crippen molar-refractivity contribution in [3.63, 3.8) is 0 Å². The monoisotopic (exact) mass is 258 g/mol. The van der Waals surface area contributed by atoms with Crippen molar-refractivity contribution in [2.45, 2.75) is 39.3 Å². The molecule has 1 aliphatic heterocycles. The maximum atomic E-state index is 12.0. The summed E-state index contributed by atoms with van der Waals surface area (Å²) >= 11 is 0. The average molecular weight is 258 g/mol. The van der Waals surface area contributed by atoms with Gasteiger partial charge in [-0.15, -0.1) is 0 Å². The zero-order valence-electron chi connectivity index (χ0n) is 11.2. The van der Waals surface area contributed by atoms with Crippen LogP contribution < -0.4 is 5.32 Å². The van der Waals surface area contributed by atoms with Gasteiger partial charge >= 0.3 is 12.0 Å². The highest BCUT2D eigenvalue weighted by Gasteiger charge is 2.29. The van der Waals surface area contributed by atoms with Crippen molar-refractivity contribution in [2.24, 2.45) is 5.92 Å². The van der Waals surface area contributed by atoms with Gasteiger partial charge in [-0.05, 0) is 13.3 Å². The van der Waals surface area contributed by atoms with Crippen LogP contribution in [0.4, 0.5) is 4.79 Å². The molecule has 0 saturated carbocycles. The molecule has 6 nitrogen and oxygen atoms in total. The fraction of sp³-hybridized carbons (Fsp3) is 0.833. The van der Waals surface area contributed by atoms with E-state index in [4.69, 9.17) is 9.84 Å². The lowest BCUT2D eigenvalue weighted by molar-refractivity contribution is -0.140. The van der Waals surface area contributed by atoms with Crippen LogP contribution in [0.3, 0.4) is 0 Å². The quantitative estimate of drug-likeness (QED) is 0.785. The molecule has 1 saturated heterocycles. The number of hydrogen-bond donors (Lipinski definition) is 2. The first-order valence-corrected chi connectivity index (χ1v) is 6.34. The summed E-state index contributed by atoms with van der Waals surface area (Å²) in [5.74, 6) is -1.48. The summed E-state index contributed by atoms with van der Waals surface area (Å²) in [5, 5.41) is 11.4. The predicted molar refractivity (Wildman–Crippen MR) is 66.4 cm³/mol. The number of amides is 2. The number of nitrogens with zero attached hydrogens (tertiary/aromatic N) is 1. The molecular formula is C12H22N2O4. The maximum absolute atomic E-state index is 12.0. The van der Waals surface area contributed by atoms with Crippen LogP contribution in [-0.2, 0) is 9.53 Å². The molecule has 6 heteroatoms. The Hall–Kier alpha value is -1.30. The molecule has 0 aromatic heterocycles. The number of carboxylic acid groups (broad SMARTS) is 1. The van der Waals surface area contributed by atoms with Gasteiger partial charge in [0.25, 0.3) is 0 Å². The number of morpholine rings is 1. The Labute approximate surface area is 107 Å². The van der Waals surface area contributed by atoms with Crippen LogP contribution in [0.25, 0.3) is 0 Å². The number of aliphatic carboxylic acids is 1. The molecule has 1 fully saturated rings. The standard InChI is InChI=1S/C12H22N2O4/c1-4-10-7-18-9(3)6-14(10)12(17)13-5-8(2)11(15)16/h8-10H,4-7H2,1-3H3,(H,13,17)(H,15,16). The van der Waals surface area contributed by atoms with E-state index in [2.05, 4.69) is 5.32 Å². The van der Waals surface area contributed by atoms with Crippen molar-refractivity contribution >= 4 is 12.0 Å². The van der Waals surface area contributed by atoms with Crippen molar-refractivity contribution in [3.05, 3.63) is 0 Å². The van der Waals surface area contributed by atoms with Crippen molar-refractivity contribution in [1.29, 1.82) is 0 Å². The van der Waals surface area contributed by atoms with E-state index >= 15 is 0 Å². The number of carbonyl (C=O) groups excluding carboxylic acids is 1. The molecule has 0 bridgehead atoms. The molecule has 2 N–H and O–H groups in total. The molecular weight excluding hydrogens is 236 g/mol. The van der Waals surface area contributed by atoms with Crippen molar-refractivity contribution < 1.29 is 19.4 Å². The van der Waals surface area contributed by atoms with Gasteiger partial charge in [0, 0.05) is 13.1 Å². The van der Waals surface area contributed by atoms with Crippen molar-refractivity contribution in [1.82, 2.24) is 10.2 Å². The summed E-state index contributed by atoms with van der Waals surface area (Å²) in [6, 6.07) is -0.133. The van der Waals surface area contributed by atoms with E-state index < -0.39 is 11.9 Å². The molecule has 0 spiro atoms. The minimum absolute atomic E-state index is 0.0236. The molecule has 0 radical (unpaired) electrons. The molecule has 3 unspecified atom stereocenters. The van der Waals surface area contributed by atoms with Crippen LogP contribution in [0.2, 0.25) is 0 Å². The maximum Gasteiger partial charge on any atom is 0.317 e. The van der Waals surface area contributed by atoms with E-state index in [9.17, 15) is 9.59 Å². The third kappa shape index (κ3) is 3.87. The average Bonchev–Trinajstić information content (AvgIpc) is 2.35. The third-order valence-corrected chi connectivity index (χ3v) is 3.18. The molecule has 2 amide bonds. The molecule has 3 atom stereocenters. The fourth-order valence-electron chi connectivity index (χ4n) is 1.86. The molecule has 0 aromatic carbocycles. The second-order valence-electron chi connectivity index (χ2n) is 4.78. The number of hydrogen-bond acceptors (Lipinski definition) is 3. The normalized spacial score (nSPS) is 25.6. The molecule has 0 aliphatic carbocycles. The lowest BCUT2D eigenvalue weighted by Gasteiger charge is -2.38. The van der Waals surface area contributed by atoms with Gasteiger partial charge in [-0.3, -0.25) is 4.79 Å². The number of ether oxygens (including phenoxy) is 1. The van der Waals surface area contributed by atoms with Gasteiger partial charge < -0.3 is 20.1 Å². The number of rotatable bonds is 4. The molecule has 104 valence electrons. The smallest absolute Gasteiger partial charge is 0.317 e. The van der Waals surface area contributed by atoms with Crippen molar-refractivity contribution in [2.75, 3.05) is 19.7 Å². The lowest BCUT2D eigenvalue weighted by Crippen LogP contribution is -2.55. The zero-order valence-corrected chi connectivity index (χ0v) is 11.2. The highest BCUT2D eigenvalue weighted by molar-refractivity contribution is 5.76. The molecule has 1 aliphatic rings. The number of nitrogens with one attached hydrogen (secondary N) is 1. The third-order valence-electron chi connectivity index (χ3n) is 3.18. The topological polar surface area (TPSA) is 78.9 Å². The summed E-state index contributed by atoms with van der Waals surface area (Å²) in [5.41, 5.74) is 0. The van der Waals surface area contributed by atoms with Gasteiger partial charge in [-0.1, -0.05) is 13.8 Å². The van der Waals surface area contributed by atoms with Gasteiger partial charge in [0.2, 0.25) is 0 Å². The molecule has 18 heavy (non-hydrogen) atoms. The summed E-state index contributed by atoms with van der Waals surface area (Å²) in [7, 11) is 0. The largest absolute Gasteiger partial charge is 0.481 e. The van der Waals surface area contributed by atoms with Crippen LogP contribution in [0, 0.1) is 5.92 Å². The molecule has 1 heterocycles. The van der Waals surface area contributed by atoms with Crippen LogP contribution in [-0.4, -0.2) is 53.8 Å². The van der Waals surface area contributed by atoms with E-state index in [1.165, 1.54) is 0 Å². The van der Waals surface area contributed by atoms with E-state index in [0.29, 0.717) is 13.2 Å². The molecule has 0 aromatic rings. The first-order chi connectivity index (χ1) is 8.45. The first kappa shape index (κ1) is 14.8. The van der Waals surface area contributed by atoms with Gasteiger partial charge in [0.1, 0.15) is 0 Å². The van der Waals surface area contributed by atoms with Crippen molar-refractivity contribution in [3.8, 4) is 0 Å². The Kier molecular flexibility index (Phi) is 5.40. The lowest BCUT2D eigenvalue weighted by atomic mass is 10.1. The number of carboxylic acids is 1. The highest BCUT2D eigenvalue weighted by atomic mass is 16.5. The van der Waals surface area contributed by atoms with Gasteiger partial charge in [-0.2, -0.15) is 0 Å². The van der Waals surface area contributed by atoms with Crippen LogP contribution in [0.1, 0.15) is 27.2 Å². The van der Waals surface area contributed by atoms with E-state index in [-0.39, 0.29) is 24.7 Å². The minimum atomic E-state index is -0.905. The Bertz CT molecular complexity index is 308. The number of urea groups is 1. The van der Waals surface area contributed by atoms with E-state index in [0.717, 1.165) is 6.42 Å². The second kappa shape index (κ2) is 6.58. The summed E-state index contributed by atoms with van der Waals surface area (Å²) in [6.07, 6.45) is 0.852.